The van der Waals surface area contributed by atoms with Crippen LogP contribution in [0.5, 0.6) is 5.75 Å². The Labute approximate surface area is 166 Å². The van der Waals surface area contributed by atoms with Gasteiger partial charge in [0, 0.05) is 11.4 Å². The fraction of sp³-hybridized carbons (Fsp3) is 0.0952. The van der Waals surface area contributed by atoms with Gasteiger partial charge >= 0.3 is 0 Å². The van der Waals surface area contributed by atoms with Gasteiger partial charge in [0.1, 0.15) is 5.75 Å². The van der Waals surface area contributed by atoms with Gasteiger partial charge in [0.05, 0.1) is 28.5 Å². The highest BCUT2D eigenvalue weighted by Crippen LogP contribution is 2.24. The first-order valence-corrected chi connectivity index (χ1v) is 9.19. The number of nitriles is 1. The zero-order valence-electron chi connectivity index (χ0n) is 15.3. The first-order chi connectivity index (χ1) is 13.5. The molecule has 0 aliphatic heterocycles. The van der Waals surface area contributed by atoms with E-state index in [1.165, 1.54) is 0 Å². The molecule has 2 amide bonds. The van der Waals surface area contributed by atoms with Crippen molar-refractivity contribution in [2.45, 2.75) is 6.92 Å². The van der Waals surface area contributed by atoms with Gasteiger partial charge in [-0.05, 0) is 67.1 Å². The fourth-order valence-corrected chi connectivity index (χ4v) is 3.29. The number of amides is 2. The number of methoxy groups -OCH3 is 1. The van der Waals surface area contributed by atoms with Gasteiger partial charge in [-0.25, -0.2) is 0 Å². The number of thiophene rings is 1. The predicted molar refractivity (Wildman–Crippen MR) is 109 cm³/mol. The fourth-order valence-electron chi connectivity index (χ4n) is 2.49. The molecule has 0 saturated heterocycles. The summed E-state index contributed by atoms with van der Waals surface area (Å²) in [5.74, 6) is 0.124. The number of ether oxygens (including phenoxy) is 1. The molecule has 28 heavy (non-hydrogen) atoms. The molecule has 2 aromatic carbocycles. The standard InChI is InChI=1S/C21H17N3O3S/c1-13-11-16(27-2)7-8-17(13)24-21(26)19-10-9-18(28-19)20(25)23-15-5-3-14(12-22)4-6-15/h3-11H,1-2H3,(H,23,25)(H,24,26). The maximum absolute atomic E-state index is 12.5. The van der Waals surface area contributed by atoms with Crippen molar-refractivity contribution in [3.8, 4) is 11.8 Å². The lowest BCUT2D eigenvalue weighted by Gasteiger charge is -2.09. The van der Waals surface area contributed by atoms with E-state index in [0.29, 0.717) is 32.4 Å². The van der Waals surface area contributed by atoms with Crippen LogP contribution in [0.25, 0.3) is 0 Å². The predicted octanol–water partition coefficient (Wildman–Crippen LogP) is 4.44. The molecule has 0 radical (unpaired) electrons. The second-order valence-corrected chi connectivity index (χ2v) is 7.03. The van der Waals surface area contributed by atoms with Gasteiger partial charge in [0.25, 0.3) is 11.8 Å². The first-order valence-electron chi connectivity index (χ1n) is 8.37. The lowest BCUT2D eigenvalue weighted by Crippen LogP contribution is -2.11. The minimum atomic E-state index is -0.311. The summed E-state index contributed by atoms with van der Waals surface area (Å²) in [6.45, 7) is 1.88. The molecule has 0 fully saturated rings. The number of benzene rings is 2. The van der Waals surface area contributed by atoms with Gasteiger partial charge in [0.15, 0.2) is 0 Å². The third-order valence-electron chi connectivity index (χ3n) is 4.01. The van der Waals surface area contributed by atoms with Gasteiger partial charge in [-0.3, -0.25) is 9.59 Å². The van der Waals surface area contributed by atoms with Crippen molar-refractivity contribution >= 4 is 34.5 Å². The summed E-state index contributed by atoms with van der Waals surface area (Å²) in [4.78, 5) is 25.7. The van der Waals surface area contributed by atoms with E-state index < -0.39 is 0 Å². The van der Waals surface area contributed by atoms with Crippen LogP contribution in [-0.2, 0) is 0 Å². The minimum absolute atomic E-state index is 0.282. The number of aryl methyl sites for hydroxylation is 1. The average Bonchev–Trinajstić information content (AvgIpc) is 3.20. The molecule has 1 aromatic heterocycles. The molecule has 0 spiro atoms. The molecule has 0 bridgehead atoms. The van der Waals surface area contributed by atoms with Crippen molar-refractivity contribution in [2.24, 2.45) is 0 Å². The van der Waals surface area contributed by atoms with E-state index in [2.05, 4.69) is 10.6 Å². The summed E-state index contributed by atoms with van der Waals surface area (Å²) in [6.07, 6.45) is 0. The van der Waals surface area contributed by atoms with E-state index in [1.54, 1.807) is 55.6 Å². The SMILES string of the molecule is COc1ccc(NC(=O)c2ccc(C(=O)Nc3ccc(C#N)cc3)s2)c(C)c1. The van der Waals surface area contributed by atoms with Crippen molar-refractivity contribution < 1.29 is 14.3 Å². The van der Waals surface area contributed by atoms with Crippen LogP contribution in [0.1, 0.15) is 30.5 Å². The van der Waals surface area contributed by atoms with E-state index in [4.69, 9.17) is 10.00 Å². The number of nitrogens with zero attached hydrogens (tertiary/aromatic N) is 1. The maximum atomic E-state index is 12.5. The van der Waals surface area contributed by atoms with Crippen LogP contribution >= 0.6 is 11.3 Å². The van der Waals surface area contributed by atoms with E-state index in [0.717, 1.165) is 16.9 Å². The van der Waals surface area contributed by atoms with Crippen LogP contribution in [0.3, 0.4) is 0 Å². The van der Waals surface area contributed by atoms with Crippen molar-refractivity contribution in [3.05, 3.63) is 75.5 Å². The molecule has 2 N–H and O–H groups in total. The third-order valence-corrected chi connectivity index (χ3v) is 5.09. The van der Waals surface area contributed by atoms with Crippen LogP contribution in [0, 0.1) is 18.3 Å². The number of hydrogen-bond donors (Lipinski definition) is 2. The zero-order chi connectivity index (χ0) is 20.1. The van der Waals surface area contributed by atoms with Crippen molar-refractivity contribution in [3.63, 3.8) is 0 Å². The Hall–Kier alpha value is -3.63. The number of rotatable bonds is 5. The molecule has 3 rings (SSSR count). The molecule has 0 unspecified atom stereocenters. The minimum Gasteiger partial charge on any atom is -0.497 e. The van der Waals surface area contributed by atoms with Crippen LogP contribution in [0.15, 0.2) is 54.6 Å². The smallest absolute Gasteiger partial charge is 0.265 e. The molecule has 6 nitrogen and oxygen atoms in total. The van der Waals surface area contributed by atoms with E-state index in [-0.39, 0.29) is 11.8 Å². The third kappa shape index (κ3) is 4.37. The van der Waals surface area contributed by atoms with Crippen LogP contribution < -0.4 is 15.4 Å². The summed E-state index contributed by atoms with van der Waals surface area (Å²) >= 11 is 1.11. The first kappa shape index (κ1) is 19.1. The molecule has 0 aliphatic rings. The Morgan fingerprint density at radius 2 is 1.61 bits per heavy atom. The summed E-state index contributed by atoms with van der Waals surface area (Å²) in [5.41, 5.74) is 2.66. The monoisotopic (exact) mass is 391 g/mol. The Kier molecular flexibility index (Phi) is 5.72. The number of hydrogen-bond acceptors (Lipinski definition) is 5. The van der Waals surface area contributed by atoms with E-state index in [1.807, 2.05) is 19.1 Å². The number of carbonyl (C=O) groups excluding carboxylic acids is 2. The van der Waals surface area contributed by atoms with Gasteiger partial charge in [-0.1, -0.05) is 0 Å². The van der Waals surface area contributed by atoms with Crippen molar-refractivity contribution in [1.29, 1.82) is 5.26 Å². The van der Waals surface area contributed by atoms with Crippen LogP contribution in [-0.4, -0.2) is 18.9 Å². The molecule has 140 valence electrons. The highest BCUT2D eigenvalue weighted by Gasteiger charge is 2.15. The molecular weight excluding hydrogens is 374 g/mol. The van der Waals surface area contributed by atoms with Crippen LogP contribution in [0.2, 0.25) is 0 Å². The molecule has 3 aromatic rings. The highest BCUT2D eigenvalue weighted by molar-refractivity contribution is 7.16. The highest BCUT2D eigenvalue weighted by atomic mass is 32.1. The molecule has 0 saturated carbocycles. The molecule has 1 heterocycles. The van der Waals surface area contributed by atoms with E-state index >= 15 is 0 Å². The Bertz CT molecular complexity index is 1070. The van der Waals surface area contributed by atoms with Crippen LogP contribution in [0.4, 0.5) is 11.4 Å². The molecular formula is C21H17N3O3S. The topological polar surface area (TPSA) is 91.2 Å². The summed E-state index contributed by atoms with van der Waals surface area (Å²) < 4.78 is 5.16. The van der Waals surface area contributed by atoms with Gasteiger partial charge < -0.3 is 15.4 Å². The second kappa shape index (κ2) is 8.37. The average molecular weight is 391 g/mol. The largest absolute Gasteiger partial charge is 0.497 e. The van der Waals surface area contributed by atoms with Gasteiger partial charge in [-0.2, -0.15) is 5.26 Å². The molecule has 0 aliphatic carbocycles. The van der Waals surface area contributed by atoms with Crippen molar-refractivity contribution in [2.75, 3.05) is 17.7 Å². The quantitative estimate of drug-likeness (QED) is 0.673. The Morgan fingerprint density at radius 1 is 0.964 bits per heavy atom. The molecule has 7 heteroatoms. The Morgan fingerprint density at radius 3 is 2.18 bits per heavy atom. The summed E-state index contributed by atoms with van der Waals surface area (Å²) in [5, 5.41) is 14.4. The summed E-state index contributed by atoms with van der Waals surface area (Å²) in [6, 6.07) is 17.2. The lowest BCUT2D eigenvalue weighted by atomic mass is 10.2. The second-order valence-electron chi connectivity index (χ2n) is 5.94. The normalized spacial score (nSPS) is 10.0. The number of anilines is 2. The van der Waals surface area contributed by atoms with Crippen molar-refractivity contribution in [1.82, 2.24) is 0 Å². The van der Waals surface area contributed by atoms with Gasteiger partial charge in [0.2, 0.25) is 0 Å². The summed E-state index contributed by atoms with van der Waals surface area (Å²) in [7, 11) is 1.59. The number of carbonyl (C=O) groups is 2. The molecule has 0 atom stereocenters. The lowest BCUT2D eigenvalue weighted by molar-refractivity contribution is 0.102. The van der Waals surface area contributed by atoms with Gasteiger partial charge in [-0.15, -0.1) is 11.3 Å². The Balaban J connectivity index is 1.67. The number of nitrogens with one attached hydrogen (secondary N) is 2. The van der Waals surface area contributed by atoms with E-state index in [9.17, 15) is 9.59 Å². The zero-order valence-corrected chi connectivity index (χ0v) is 16.1. The maximum Gasteiger partial charge on any atom is 0.265 e.